The highest BCUT2D eigenvalue weighted by atomic mass is 35.5. The summed E-state index contributed by atoms with van der Waals surface area (Å²) in [6, 6.07) is 20.3. The number of amides is 2. The number of halogens is 2. The molecule has 9 heteroatoms. The zero-order chi connectivity index (χ0) is 22.9. The number of rotatable bonds is 8. The quantitative estimate of drug-likeness (QED) is 0.322. The fourth-order valence-corrected chi connectivity index (χ4v) is 3.82. The molecule has 0 radical (unpaired) electrons. The Morgan fingerprint density at radius 2 is 1.28 bits per heavy atom. The van der Waals surface area contributed by atoms with E-state index in [0.717, 1.165) is 0 Å². The molecule has 3 aromatic rings. The second-order valence-corrected chi connectivity index (χ2v) is 8.25. The van der Waals surface area contributed by atoms with Gasteiger partial charge in [-0.1, -0.05) is 59.6 Å². The Labute approximate surface area is 199 Å². The minimum absolute atomic E-state index is 0.0580. The molecule has 0 atom stereocenters. The van der Waals surface area contributed by atoms with Gasteiger partial charge >= 0.3 is 5.97 Å². The summed E-state index contributed by atoms with van der Waals surface area (Å²) in [7, 11) is 0. The third kappa shape index (κ3) is 6.75. The van der Waals surface area contributed by atoms with Crippen LogP contribution in [0, 0.1) is 0 Å². The molecular formula is C23H18Cl2N2O4S. The number of anilines is 2. The van der Waals surface area contributed by atoms with Crippen LogP contribution in [-0.2, 0) is 14.3 Å². The zero-order valence-electron chi connectivity index (χ0n) is 16.6. The molecule has 3 rings (SSSR count). The molecule has 0 heterocycles. The van der Waals surface area contributed by atoms with Crippen molar-refractivity contribution < 1.29 is 19.1 Å². The van der Waals surface area contributed by atoms with E-state index in [1.807, 2.05) is 0 Å². The van der Waals surface area contributed by atoms with Crippen LogP contribution in [-0.4, -0.2) is 30.1 Å². The fraction of sp³-hybridized carbons (Fsp3) is 0.0870. The van der Waals surface area contributed by atoms with Crippen LogP contribution in [0.2, 0.25) is 10.0 Å². The predicted molar refractivity (Wildman–Crippen MR) is 128 cm³/mol. The van der Waals surface area contributed by atoms with Gasteiger partial charge in [0, 0.05) is 4.90 Å². The van der Waals surface area contributed by atoms with Crippen LogP contribution in [0.5, 0.6) is 0 Å². The molecule has 0 aliphatic heterocycles. The third-order valence-corrected chi connectivity index (χ3v) is 5.83. The number of ether oxygens (including phenoxy) is 1. The molecule has 164 valence electrons. The van der Waals surface area contributed by atoms with Gasteiger partial charge < -0.3 is 15.4 Å². The van der Waals surface area contributed by atoms with Crippen LogP contribution < -0.4 is 10.6 Å². The molecule has 6 nitrogen and oxygen atoms in total. The molecule has 0 aliphatic rings. The summed E-state index contributed by atoms with van der Waals surface area (Å²) in [5.41, 5.74) is 1.20. The normalized spacial score (nSPS) is 10.3. The Morgan fingerprint density at radius 3 is 1.91 bits per heavy atom. The summed E-state index contributed by atoms with van der Waals surface area (Å²) >= 11 is 13.2. The van der Waals surface area contributed by atoms with E-state index in [1.165, 1.54) is 11.8 Å². The van der Waals surface area contributed by atoms with Crippen molar-refractivity contribution in [1.29, 1.82) is 0 Å². The topological polar surface area (TPSA) is 84.5 Å². The largest absolute Gasteiger partial charge is 0.452 e. The molecule has 32 heavy (non-hydrogen) atoms. The second kappa shape index (κ2) is 11.6. The van der Waals surface area contributed by atoms with E-state index in [4.69, 9.17) is 27.9 Å². The highest BCUT2D eigenvalue weighted by Crippen LogP contribution is 2.25. The average Bonchev–Trinajstić information content (AvgIpc) is 2.79. The number of benzene rings is 3. The molecule has 0 bridgehead atoms. The van der Waals surface area contributed by atoms with Gasteiger partial charge in [-0.15, -0.1) is 11.8 Å². The van der Waals surface area contributed by atoms with E-state index in [-0.39, 0.29) is 17.2 Å². The summed E-state index contributed by atoms with van der Waals surface area (Å²) in [5, 5.41) is 6.12. The van der Waals surface area contributed by atoms with Crippen molar-refractivity contribution in [3.63, 3.8) is 0 Å². The molecule has 0 fully saturated rings. The van der Waals surface area contributed by atoms with E-state index in [9.17, 15) is 14.4 Å². The Morgan fingerprint density at radius 1 is 0.750 bits per heavy atom. The maximum absolute atomic E-state index is 12.5. The molecular weight excluding hydrogens is 471 g/mol. The first-order valence-electron chi connectivity index (χ1n) is 9.42. The minimum atomic E-state index is -0.672. The van der Waals surface area contributed by atoms with Crippen molar-refractivity contribution in [2.75, 3.05) is 23.0 Å². The van der Waals surface area contributed by atoms with E-state index < -0.39 is 18.5 Å². The Hall–Kier alpha value is -3.00. The lowest BCUT2D eigenvalue weighted by atomic mass is 10.2. The van der Waals surface area contributed by atoms with Gasteiger partial charge in [-0.2, -0.15) is 0 Å². The first-order valence-corrected chi connectivity index (χ1v) is 11.2. The molecule has 3 aromatic carbocycles. The molecule has 2 N–H and O–H groups in total. The number of hydrogen-bond donors (Lipinski definition) is 2. The van der Waals surface area contributed by atoms with Crippen LogP contribution in [0.25, 0.3) is 0 Å². The fourth-order valence-electron chi connectivity index (χ4n) is 2.61. The minimum Gasteiger partial charge on any atom is -0.452 e. The zero-order valence-corrected chi connectivity index (χ0v) is 19.0. The maximum atomic E-state index is 12.5. The van der Waals surface area contributed by atoms with Crippen molar-refractivity contribution >= 4 is 64.1 Å². The number of esters is 1. The Kier molecular flexibility index (Phi) is 8.56. The standard InChI is InChI=1S/C23H18Cl2N2O4S/c24-16-8-2-4-10-18(16)26-21(28)13-31-23(30)15-7-1-6-12-20(15)32-14-22(29)27-19-11-5-3-9-17(19)25/h1-12H,13-14H2,(H,26,28)(H,27,29). The number of carbonyl (C=O) groups excluding carboxylic acids is 3. The van der Waals surface area contributed by atoms with Crippen LogP contribution >= 0.6 is 35.0 Å². The van der Waals surface area contributed by atoms with Crippen molar-refractivity contribution in [3.8, 4) is 0 Å². The van der Waals surface area contributed by atoms with Gasteiger partial charge in [-0.3, -0.25) is 9.59 Å². The summed E-state index contributed by atoms with van der Waals surface area (Å²) in [6.45, 7) is -0.476. The molecule has 0 saturated heterocycles. The van der Waals surface area contributed by atoms with Gasteiger partial charge in [0.05, 0.1) is 32.7 Å². The van der Waals surface area contributed by atoms with Crippen LogP contribution in [0.15, 0.2) is 77.7 Å². The van der Waals surface area contributed by atoms with Crippen LogP contribution in [0.1, 0.15) is 10.4 Å². The van der Waals surface area contributed by atoms with E-state index in [0.29, 0.717) is 26.3 Å². The molecule has 0 aliphatic carbocycles. The highest BCUT2D eigenvalue weighted by molar-refractivity contribution is 8.00. The molecule has 0 unspecified atom stereocenters. The summed E-state index contributed by atoms with van der Waals surface area (Å²) in [6.07, 6.45) is 0. The van der Waals surface area contributed by atoms with Crippen molar-refractivity contribution in [2.24, 2.45) is 0 Å². The third-order valence-electron chi connectivity index (χ3n) is 4.10. The van der Waals surface area contributed by atoms with E-state index in [1.54, 1.807) is 72.8 Å². The maximum Gasteiger partial charge on any atom is 0.339 e. The van der Waals surface area contributed by atoms with Crippen molar-refractivity contribution in [1.82, 2.24) is 0 Å². The molecule has 0 spiro atoms. The van der Waals surface area contributed by atoms with Crippen LogP contribution in [0.3, 0.4) is 0 Å². The number of para-hydroxylation sites is 2. The van der Waals surface area contributed by atoms with Gasteiger partial charge in [-0.25, -0.2) is 4.79 Å². The Bertz CT molecular complexity index is 1140. The number of hydrogen-bond acceptors (Lipinski definition) is 5. The summed E-state index contributed by atoms with van der Waals surface area (Å²) in [5.74, 6) is -1.40. The number of thioether (sulfide) groups is 1. The van der Waals surface area contributed by atoms with Gasteiger partial charge in [-0.05, 0) is 36.4 Å². The van der Waals surface area contributed by atoms with Gasteiger partial charge in [0.2, 0.25) is 5.91 Å². The van der Waals surface area contributed by atoms with Crippen molar-refractivity contribution in [3.05, 3.63) is 88.4 Å². The van der Waals surface area contributed by atoms with Crippen molar-refractivity contribution in [2.45, 2.75) is 4.90 Å². The first kappa shape index (κ1) is 23.7. The summed E-state index contributed by atoms with van der Waals surface area (Å²) < 4.78 is 5.14. The van der Waals surface area contributed by atoms with Gasteiger partial charge in [0.15, 0.2) is 6.61 Å². The number of carbonyl (C=O) groups is 3. The van der Waals surface area contributed by atoms with E-state index >= 15 is 0 Å². The number of nitrogens with one attached hydrogen (secondary N) is 2. The molecule has 2 amide bonds. The van der Waals surface area contributed by atoms with Gasteiger partial charge in [0.25, 0.3) is 5.91 Å². The smallest absolute Gasteiger partial charge is 0.339 e. The second-order valence-electron chi connectivity index (χ2n) is 6.42. The molecule has 0 aromatic heterocycles. The predicted octanol–water partition coefficient (Wildman–Crippen LogP) is 5.52. The average molecular weight is 489 g/mol. The van der Waals surface area contributed by atoms with Gasteiger partial charge in [0.1, 0.15) is 0 Å². The van der Waals surface area contributed by atoms with E-state index in [2.05, 4.69) is 10.6 Å². The lowest BCUT2D eigenvalue weighted by Crippen LogP contribution is -2.21. The Balaban J connectivity index is 1.55. The highest BCUT2D eigenvalue weighted by Gasteiger charge is 2.16. The SMILES string of the molecule is O=C(COC(=O)c1ccccc1SCC(=O)Nc1ccccc1Cl)Nc1ccccc1Cl. The lowest BCUT2D eigenvalue weighted by molar-refractivity contribution is -0.119. The first-order chi connectivity index (χ1) is 15.4. The monoisotopic (exact) mass is 488 g/mol. The summed E-state index contributed by atoms with van der Waals surface area (Å²) in [4.78, 5) is 37.4. The lowest BCUT2D eigenvalue weighted by Gasteiger charge is -2.11. The van der Waals surface area contributed by atoms with Crippen LogP contribution in [0.4, 0.5) is 11.4 Å². The molecule has 0 saturated carbocycles.